The fraction of sp³-hybridized carbons (Fsp3) is 0.700. The number of anilines is 1. The zero-order valence-corrected chi connectivity index (χ0v) is 10.6. The van der Waals surface area contributed by atoms with E-state index in [0.717, 1.165) is 13.1 Å². The standard InChI is InChI=1S/C10H16N4O2.ClH/c1-8-10(13-16-12-8)11-9(15)7-14-5-3-2-4-6-14;/h2-7H2,1H3,(H,11,13,15);1H. The van der Waals surface area contributed by atoms with Crippen LogP contribution in [0.5, 0.6) is 0 Å². The zero-order chi connectivity index (χ0) is 11.4. The molecule has 0 atom stereocenters. The first-order valence-corrected chi connectivity index (χ1v) is 5.57. The van der Waals surface area contributed by atoms with E-state index in [2.05, 4.69) is 25.2 Å². The third-order valence-electron chi connectivity index (χ3n) is 2.73. The van der Waals surface area contributed by atoms with Crippen LogP contribution in [0.2, 0.25) is 0 Å². The summed E-state index contributed by atoms with van der Waals surface area (Å²) in [6.07, 6.45) is 3.63. The van der Waals surface area contributed by atoms with E-state index in [0.29, 0.717) is 18.1 Å². The van der Waals surface area contributed by atoms with Gasteiger partial charge in [0.15, 0.2) is 5.82 Å². The molecule has 17 heavy (non-hydrogen) atoms. The van der Waals surface area contributed by atoms with E-state index in [9.17, 15) is 4.79 Å². The lowest BCUT2D eigenvalue weighted by Gasteiger charge is -2.25. The Balaban J connectivity index is 0.00000144. The zero-order valence-electron chi connectivity index (χ0n) is 9.81. The Hall–Kier alpha value is -1.14. The molecule has 96 valence electrons. The summed E-state index contributed by atoms with van der Waals surface area (Å²) in [5.41, 5.74) is 0.604. The number of carbonyl (C=O) groups excluding carboxylic acids is 1. The van der Waals surface area contributed by atoms with Gasteiger partial charge >= 0.3 is 0 Å². The van der Waals surface area contributed by atoms with Gasteiger partial charge in [-0.15, -0.1) is 12.4 Å². The molecule has 2 rings (SSSR count). The van der Waals surface area contributed by atoms with Crippen LogP contribution in [0.1, 0.15) is 25.0 Å². The summed E-state index contributed by atoms with van der Waals surface area (Å²) >= 11 is 0. The topological polar surface area (TPSA) is 71.3 Å². The number of aromatic nitrogens is 2. The molecule has 0 aliphatic carbocycles. The van der Waals surface area contributed by atoms with Crippen molar-refractivity contribution in [1.82, 2.24) is 15.2 Å². The molecule has 6 nitrogen and oxygen atoms in total. The maximum Gasteiger partial charge on any atom is 0.239 e. The number of hydrogen-bond acceptors (Lipinski definition) is 5. The van der Waals surface area contributed by atoms with Crippen molar-refractivity contribution < 1.29 is 9.42 Å². The smallest absolute Gasteiger partial charge is 0.239 e. The molecule has 1 aliphatic rings. The van der Waals surface area contributed by atoms with Gasteiger partial charge in [-0.25, -0.2) is 4.63 Å². The molecule has 0 bridgehead atoms. The molecule has 2 heterocycles. The number of piperidine rings is 1. The largest absolute Gasteiger partial charge is 0.305 e. The molecule has 0 saturated carbocycles. The third-order valence-corrected chi connectivity index (χ3v) is 2.73. The molecule has 7 heteroatoms. The average molecular weight is 261 g/mol. The second-order valence-corrected chi connectivity index (χ2v) is 4.08. The summed E-state index contributed by atoms with van der Waals surface area (Å²) in [5, 5.41) is 9.90. The highest BCUT2D eigenvalue weighted by Crippen LogP contribution is 2.10. The fourth-order valence-corrected chi connectivity index (χ4v) is 1.84. The van der Waals surface area contributed by atoms with Crippen LogP contribution in [0.3, 0.4) is 0 Å². The highest BCUT2D eigenvalue weighted by Gasteiger charge is 2.15. The number of hydrogen-bond donors (Lipinski definition) is 1. The van der Waals surface area contributed by atoms with Crippen molar-refractivity contribution >= 4 is 24.1 Å². The van der Waals surface area contributed by atoms with Crippen LogP contribution in [0.25, 0.3) is 0 Å². The fourth-order valence-electron chi connectivity index (χ4n) is 1.84. The molecule has 1 aliphatic heterocycles. The summed E-state index contributed by atoms with van der Waals surface area (Å²) in [4.78, 5) is 13.8. The molecule has 0 aromatic carbocycles. The van der Waals surface area contributed by atoms with Gasteiger partial charge in [0.2, 0.25) is 5.91 Å². The predicted molar refractivity (Wildman–Crippen MR) is 65.2 cm³/mol. The van der Waals surface area contributed by atoms with E-state index >= 15 is 0 Å². The maximum atomic E-state index is 11.7. The predicted octanol–water partition coefficient (Wildman–Crippen LogP) is 1.22. The molecular formula is C10H17ClN4O2. The van der Waals surface area contributed by atoms with Crippen molar-refractivity contribution in [2.45, 2.75) is 26.2 Å². The monoisotopic (exact) mass is 260 g/mol. The van der Waals surface area contributed by atoms with Gasteiger partial charge in [-0.1, -0.05) is 11.6 Å². The van der Waals surface area contributed by atoms with E-state index in [1.807, 2.05) is 0 Å². The van der Waals surface area contributed by atoms with Crippen LogP contribution in [0.4, 0.5) is 5.82 Å². The molecule has 1 amide bonds. The molecule has 0 spiro atoms. The van der Waals surface area contributed by atoms with Gasteiger partial charge in [-0.3, -0.25) is 9.69 Å². The van der Waals surface area contributed by atoms with Gasteiger partial charge in [0.05, 0.1) is 6.54 Å². The molecule has 0 radical (unpaired) electrons. The lowest BCUT2D eigenvalue weighted by molar-refractivity contribution is -0.117. The first kappa shape index (κ1) is 13.9. The van der Waals surface area contributed by atoms with Crippen molar-refractivity contribution in [2.75, 3.05) is 25.0 Å². The minimum Gasteiger partial charge on any atom is -0.305 e. The van der Waals surface area contributed by atoms with Gasteiger partial charge in [0.25, 0.3) is 0 Å². The summed E-state index contributed by atoms with van der Waals surface area (Å²) in [6, 6.07) is 0. The molecular weight excluding hydrogens is 244 g/mol. The highest BCUT2D eigenvalue weighted by molar-refractivity contribution is 5.91. The van der Waals surface area contributed by atoms with Crippen LogP contribution in [0, 0.1) is 6.92 Å². The molecule has 1 aromatic rings. The van der Waals surface area contributed by atoms with Crippen LogP contribution in [-0.4, -0.2) is 40.8 Å². The number of likely N-dealkylation sites (tertiary alicyclic amines) is 1. The van der Waals surface area contributed by atoms with Gasteiger partial charge in [-0.05, 0) is 38.0 Å². The second kappa shape index (κ2) is 6.56. The summed E-state index contributed by atoms with van der Waals surface area (Å²) in [7, 11) is 0. The van der Waals surface area contributed by atoms with Crippen LogP contribution < -0.4 is 5.32 Å². The van der Waals surface area contributed by atoms with E-state index < -0.39 is 0 Å². The Labute approximate surface area is 106 Å². The number of nitrogens with one attached hydrogen (secondary N) is 1. The van der Waals surface area contributed by atoms with Gasteiger partial charge < -0.3 is 5.32 Å². The van der Waals surface area contributed by atoms with Gasteiger partial charge in [0.1, 0.15) is 5.69 Å². The number of rotatable bonds is 3. The Kier molecular flexibility index (Phi) is 5.37. The van der Waals surface area contributed by atoms with Crippen molar-refractivity contribution in [3.05, 3.63) is 5.69 Å². The summed E-state index contributed by atoms with van der Waals surface area (Å²) in [6.45, 7) is 4.17. The van der Waals surface area contributed by atoms with E-state index in [1.165, 1.54) is 19.3 Å². The SMILES string of the molecule is Cc1nonc1NC(=O)CN1CCCCC1.Cl. The first-order chi connectivity index (χ1) is 7.75. The molecule has 1 saturated heterocycles. The minimum absolute atomic E-state index is 0. The Morgan fingerprint density at radius 3 is 2.65 bits per heavy atom. The molecule has 1 N–H and O–H groups in total. The maximum absolute atomic E-state index is 11.7. The second-order valence-electron chi connectivity index (χ2n) is 4.08. The Morgan fingerprint density at radius 2 is 2.06 bits per heavy atom. The minimum atomic E-state index is -0.0549. The van der Waals surface area contributed by atoms with Crippen molar-refractivity contribution in [2.24, 2.45) is 0 Å². The number of halogens is 1. The Morgan fingerprint density at radius 1 is 1.35 bits per heavy atom. The van der Waals surface area contributed by atoms with Gasteiger partial charge in [-0.2, -0.15) is 0 Å². The Bertz CT molecular complexity index is 363. The van der Waals surface area contributed by atoms with Crippen molar-refractivity contribution in [3.63, 3.8) is 0 Å². The van der Waals surface area contributed by atoms with Crippen LogP contribution >= 0.6 is 12.4 Å². The van der Waals surface area contributed by atoms with Gasteiger partial charge in [0, 0.05) is 0 Å². The summed E-state index contributed by atoms with van der Waals surface area (Å²) in [5.74, 6) is 0.364. The van der Waals surface area contributed by atoms with Crippen molar-refractivity contribution in [3.8, 4) is 0 Å². The number of nitrogens with zero attached hydrogens (tertiary/aromatic N) is 3. The average Bonchev–Trinajstić information content (AvgIpc) is 2.66. The lowest BCUT2D eigenvalue weighted by Crippen LogP contribution is -2.36. The quantitative estimate of drug-likeness (QED) is 0.885. The van der Waals surface area contributed by atoms with E-state index in [4.69, 9.17) is 0 Å². The summed E-state index contributed by atoms with van der Waals surface area (Å²) < 4.78 is 4.51. The highest BCUT2D eigenvalue weighted by atomic mass is 35.5. The number of aryl methyl sites for hydroxylation is 1. The van der Waals surface area contributed by atoms with Crippen LogP contribution in [0.15, 0.2) is 4.63 Å². The molecule has 0 unspecified atom stereocenters. The van der Waals surface area contributed by atoms with Crippen LogP contribution in [-0.2, 0) is 4.79 Å². The molecule has 1 aromatic heterocycles. The molecule has 1 fully saturated rings. The van der Waals surface area contributed by atoms with Crippen molar-refractivity contribution in [1.29, 1.82) is 0 Å². The normalized spacial score (nSPS) is 16.3. The van der Waals surface area contributed by atoms with E-state index in [-0.39, 0.29) is 18.3 Å². The van der Waals surface area contributed by atoms with E-state index in [1.54, 1.807) is 6.92 Å². The lowest BCUT2D eigenvalue weighted by atomic mass is 10.1. The first-order valence-electron chi connectivity index (χ1n) is 5.57. The third kappa shape index (κ3) is 3.98. The number of carbonyl (C=O) groups is 1. The number of amides is 1.